The fourth-order valence-corrected chi connectivity index (χ4v) is 3.73. The summed E-state index contributed by atoms with van der Waals surface area (Å²) in [5.41, 5.74) is 2.10. The zero-order valence-electron chi connectivity index (χ0n) is 18.3. The molecule has 1 N–H and O–H groups in total. The molecule has 166 valence electrons. The van der Waals surface area contributed by atoms with E-state index in [1.807, 2.05) is 43.3 Å². The van der Waals surface area contributed by atoms with E-state index in [1.165, 1.54) is 12.8 Å². The van der Waals surface area contributed by atoms with Crippen LogP contribution in [-0.4, -0.2) is 23.6 Å². The molecule has 1 amide bonds. The number of anilines is 1. The molecule has 32 heavy (non-hydrogen) atoms. The predicted molar refractivity (Wildman–Crippen MR) is 123 cm³/mol. The number of carbonyl (C=O) groups is 1. The summed E-state index contributed by atoms with van der Waals surface area (Å²) in [6, 6.07) is 16.6. The van der Waals surface area contributed by atoms with Crippen LogP contribution in [0.2, 0.25) is 0 Å². The number of amides is 1. The molecule has 0 radical (unpaired) electrons. The van der Waals surface area contributed by atoms with Crippen LogP contribution >= 0.6 is 0 Å². The number of hydrogen-bond donors (Lipinski definition) is 1. The Morgan fingerprint density at radius 2 is 1.84 bits per heavy atom. The van der Waals surface area contributed by atoms with Crippen LogP contribution in [0.15, 0.2) is 67.0 Å². The van der Waals surface area contributed by atoms with Crippen LogP contribution in [0.5, 0.6) is 17.2 Å². The summed E-state index contributed by atoms with van der Waals surface area (Å²) in [5, 5.41) is 2.98. The Labute approximate surface area is 188 Å². The highest BCUT2D eigenvalue weighted by atomic mass is 16.5. The largest absolute Gasteiger partial charge is 0.490 e. The normalized spacial score (nSPS) is 13.5. The number of nitrogens with one attached hydrogen (secondary N) is 1. The van der Waals surface area contributed by atoms with Crippen molar-refractivity contribution in [2.75, 3.05) is 11.9 Å². The molecular formula is C26H28N2O4. The van der Waals surface area contributed by atoms with Crippen molar-refractivity contribution in [3.05, 3.63) is 78.1 Å². The van der Waals surface area contributed by atoms with Gasteiger partial charge in [0, 0.05) is 23.5 Å². The molecule has 1 saturated carbocycles. The smallest absolute Gasteiger partial charge is 0.255 e. The lowest BCUT2D eigenvalue weighted by Crippen LogP contribution is -2.16. The lowest BCUT2D eigenvalue weighted by Gasteiger charge is -2.17. The number of nitrogens with zero attached hydrogens (tertiary/aromatic N) is 1. The van der Waals surface area contributed by atoms with Gasteiger partial charge in [0.05, 0.1) is 18.4 Å². The predicted octanol–water partition coefficient (Wildman–Crippen LogP) is 5.63. The fourth-order valence-electron chi connectivity index (χ4n) is 3.73. The lowest BCUT2D eigenvalue weighted by atomic mass is 10.1. The Balaban J connectivity index is 1.47. The van der Waals surface area contributed by atoms with Gasteiger partial charge in [0.2, 0.25) is 0 Å². The minimum absolute atomic E-state index is 0.217. The van der Waals surface area contributed by atoms with Gasteiger partial charge < -0.3 is 19.5 Å². The Kier molecular flexibility index (Phi) is 7.23. The lowest BCUT2D eigenvalue weighted by molar-refractivity contribution is 0.102. The molecule has 0 bridgehead atoms. The van der Waals surface area contributed by atoms with Crippen molar-refractivity contribution in [2.45, 2.75) is 45.3 Å². The van der Waals surface area contributed by atoms with Gasteiger partial charge in [0.1, 0.15) is 12.4 Å². The minimum Gasteiger partial charge on any atom is -0.490 e. The quantitative estimate of drug-likeness (QED) is 0.474. The summed E-state index contributed by atoms with van der Waals surface area (Å²) >= 11 is 0. The van der Waals surface area contributed by atoms with Gasteiger partial charge in [-0.05, 0) is 69.0 Å². The first kappa shape index (κ1) is 21.7. The first-order valence-corrected chi connectivity index (χ1v) is 11.1. The molecule has 0 saturated heterocycles. The molecule has 1 aliphatic carbocycles. The van der Waals surface area contributed by atoms with Gasteiger partial charge in [-0.1, -0.05) is 18.2 Å². The molecule has 1 aromatic heterocycles. The van der Waals surface area contributed by atoms with Gasteiger partial charge in [-0.2, -0.15) is 0 Å². The SMILES string of the molecule is CCOc1cc(C(=O)Nc2ccccc2OC2CCCC2)ccc1OCc1cccnc1. The maximum Gasteiger partial charge on any atom is 0.255 e. The van der Waals surface area contributed by atoms with Crippen LogP contribution in [0.1, 0.15) is 48.5 Å². The van der Waals surface area contributed by atoms with Crippen molar-refractivity contribution < 1.29 is 19.0 Å². The van der Waals surface area contributed by atoms with E-state index in [2.05, 4.69) is 10.3 Å². The summed E-state index contributed by atoms with van der Waals surface area (Å²) < 4.78 is 17.8. The standard InChI is InChI=1S/C26H28N2O4/c1-2-30-25-16-20(13-14-24(25)31-18-19-8-7-15-27-17-19)26(29)28-22-11-5-6-12-23(22)32-21-9-3-4-10-21/h5-8,11-17,21H,2-4,9-10,18H2,1H3,(H,28,29). The second-order valence-corrected chi connectivity index (χ2v) is 7.72. The van der Waals surface area contributed by atoms with Gasteiger partial charge in [-0.15, -0.1) is 0 Å². The summed E-state index contributed by atoms with van der Waals surface area (Å²) in [5.74, 6) is 1.58. The van der Waals surface area contributed by atoms with Crippen LogP contribution < -0.4 is 19.5 Å². The van der Waals surface area contributed by atoms with Gasteiger partial charge in [0.15, 0.2) is 11.5 Å². The second kappa shape index (κ2) is 10.7. The van der Waals surface area contributed by atoms with Crippen molar-refractivity contribution in [3.63, 3.8) is 0 Å². The average Bonchev–Trinajstić information content (AvgIpc) is 3.33. The highest BCUT2D eigenvalue weighted by molar-refractivity contribution is 6.05. The number of pyridine rings is 1. The third-order valence-corrected chi connectivity index (χ3v) is 5.35. The van der Waals surface area contributed by atoms with E-state index in [0.717, 1.165) is 18.4 Å². The number of aromatic nitrogens is 1. The van der Waals surface area contributed by atoms with Crippen molar-refractivity contribution >= 4 is 11.6 Å². The maximum atomic E-state index is 13.0. The number of benzene rings is 2. The molecule has 1 heterocycles. The molecule has 6 heteroatoms. The van der Waals surface area contributed by atoms with Crippen molar-refractivity contribution in [2.24, 2.45) is 0 Å². The molecule has 3 aromatic rings. The number of rotatable bonds is 9. The van der Waals surface area contributed by atoms with Crippen LogP contribution in [0.3, 0.4) is 0 Å². The molecule has 0 unspecified atom stereocenters. The van der Waals surface area contributed by atoms with E-state index >= 15 is 0 Å². The van der Waals surface area contributed by atoms with Crippen molar-refractivity contribution in [1.82, 2.24) is 4.98 Å². The highest BCUT2D eigenvalue weighted by Crippen LogP contribution is 2.32. The topological polar surface area (TPSA) is 69.7 Å². The summed E-state index contributed by atoms with van der Waals surface area (Å²) in [7, 11) is 0. The molecule has 6 nitrogen and oxygen atoms in total. The zero-order valence-corrected chi connectivity index (χ0v) is 18.3. The molecular weight excluding hydrogens is 404 g/mol. The number of para-hydroxylation sites is 2. The first-order chi connectivity index (χ1) is 15.7. The first-order valence-electron chi connectivity index (χ1n) is 11.1. The van der Waals surface area contributed by atoms with E-state index in [4.69, 9.17) is 14.2 Å². The number of ether oxygens (including phenoxy) is 3. The van der Waals surface area contributed by atoms with E-state index in [9.17, 15) is 4.79 Å². The van der Waals surface area contributed by atoms with E-state index in [0.29, 0.717) is 41.7 Å². The Morgan fingerprint density at radius 3 is 2.62 bits per heavy atom. The third-order valence-electron chi connectivity index (χ3n) is 5.35. The van der Waals surface area contributed by atoms with Crippen LogP contribution in [0, 0.1) is 0 Å². The summed E-state index contributed by atoms with van der Waals surface area (Å²) in [6.07, 6.45) is 8.19. The van der Waals surface area contributed by atoms with Gasteiger partial charge >= 0.3 is 0 Å². The van der Waals surface area contributed by atoms with Crippen LogP contribution in [0.4, 0.5) is 5.69 Å². The third kappa shape index (κ3) is 5.58. The van der Waals surface area contributed by atoms with E-state index in [1.54, 1.807) is 30.6 Å². The van der Waals surface area contributed by atoms with E-state index < -0.39 is 0 Å². The van der Waals surface area contributed by atoms with Crippen LogP contribution in [-0.2, 0) is 6.61 Å². The van der Waals surface area contributed by atoms with Crippen molar-refractivity contribution in [3.8, 4) is 17.2 Å². The van der Waals surface area contributed by atoms with E-state index in [-0.39, 0.29) is 12.0 Å². The molecule has 2 aromatic carbocycles. The summed E-state index contributed by atoms with van der Waals surface area (Å²) in [6.45, 7) is 2.73. The Hall–Kier alpha value is -3.54. The molecule has 0 spiro atoms. The summed E-state index contributed by atoms with van der Waals surface area (Å²) in [4.78, 5) is 17.1. The minimum atomic E-state index is -0.229. The maximum absolute atomic E-state index is 13.0. The second-order valence-electron chi connectivity index (χ2n) is 7.72. The monoisotopic (exact) mass is 432 g/mol. The number of carbonyl (C=O) groups excluding carboxylic acids is 1. The van der Waals surface area contributed by atoms with Crippen molar-refractivity contribution in [1.29, 1.82) is 0 Å². The van der Waals surface area contributed by atoms with Crippen LogP contribution in [0.25, 0.3) is 0 Å². The highest BCUT2D eigenvalue weighted by Gasteiger charge is 2.19. The van der Waals surface area contributed by atoms with Gasteiger partial charge in [-0.3, -0.25) is 9.78 Å². The molecule has 0 aliphatic heterocycles. The zero-order chi connectivity index (χ0) is 22.2. The molecule has 0 atom stereocenters. The molecule has 1 aliphatic rings. The Bertz CT molecular complexity index is 1030. The van der Waals surface area contributed by atoms with Gasteiger partial charge in [0.25, 0.3) is 5.91 Å². The Morgan fingerprint density at radius 1 is 1.00 bits per heavy atom. The molecule has 1 fully saturated rings. The molecule has 4 rings (SSSR count). The number of hydrogen-bond acceptors (Lipinski definition) is 5. The fraction of sp³-hybridized carbons (Fsp3) is 0.308. The average molecular weight is 433 g/mol. The van der Waals surface area contributed by atoms with Gasteiger partial charge in [-0.25, -0.2) is 0 Å².